The van der Waals surface area contributed by atoms with Gasteiger partial charge in [-0.2, -0.15) is 0 Å². The Balaban J connectivity index is 1.66. The molecule has 0 N–H and O–H groups in total. The highest BCUT2D eigenvalue weighted by Crippen LogP contribution is 2.37. The van der Waals surface area contributed by atoms with Gasteiger partial charge in [-0.15, -0.1) is 10.2 Å². The van der Waals surface area contributed by atoms with E-state index in [1.54, 1.807) is 25.4 Å². The summed E-state index contributed by atoms with van der Waals surface area (Å²) in [6, 6.07) is 12.1. The zero-order chi connectivity index (χ0) is 18.8. The smallest absolute Gasteiger partial charge is 0.281 e. The van der Waals surface area contributed by atoms with Gasteiger partial charge in [-0.05, 0) is 48.2 Å². The molecule has 0 aliphatic heterocycles. The number of nitro benzene ring substituents is 1. The minimum atomic E-state index is -0.424. The van der Waals surface area contributed by atoms with Gasteiger partial charge in [-0.3, -0.25) is 15.1 Å². The van der Waals surface area contributed by atoms with E-state index in [4.69, 9.17) is 9.15 Å². The predicted molar refractivity (Wildman–Crippen MR) is 98.8 cm³/mol. The molecule has 0 spiro atoms. The summed E-state index contributed by atoms with van der Waals surface area (Å²) in [6.45, 7) is 0. The highest BCUT2D eigenvalue weighted by Gasteiger charge is 2.17. The van der Waals surface area contributed by atoms with Gasteiger partial charge in [-0.25, -0.2) is 0 Å². The SMILES string of the molecule is COc1ccc(-c2nnc(Sc3ccc([N+](=O)[O-])c4cnccc34)o2)cc1. The Morgan fingerprint density at radius 3 is 2.63 bits per heavy atom. The number of nitrogens with zero attached hydrogens (tertiary/aromatic N) is 4. The number of nitro groups is 1. The van der Waals surface area contributed by atoms with E-state index in [0.29, 0.717) is 21.9 Å². The van der Waals surface area contributed by atoms with Crippen molar-refractivity contribution in [3.63, 3.8) is 0 Å². The van der Waals surface area contributed by atoms with E-state index in [-0.39, 0.29) is 5.69 Å². The second-order valence-corrected chi connectivity index (χ2v) is 6.46. The number of pyridine rings is 1. The summed E-state index contributed by atoms with van der Waals surface area (Å²) in [5.74, 6) is 1.12. The van der Waals surface area contributed by atoms with Crippen molar-refractivity contribution in [3.05, 3.63) is 65.0 Å². The molecule has 2 aromatic heterocycles. The largest absolute Gasteiger partial charge is 0.497 e. The number of non-ortho nitro benzene ring substituents is 1. The Bertz CT molecular complexity index is 1130. The molecular formula is C18H12N4O4S. The lowest BCUT2D eigenvalue weighted by atomic mass is 10.1. The monoisotopic (exact) mass is 380 g/mol. The number of fused-ring (bicyclic) bond motifs is 1. The Hall–Kier alpha value is -3.46. The molecule has 0 saturated carbocycles. The summed E-state index contributed by atoms with van der Waals surface area (Å²) < 4.78 is 10.9. The lowest BCUT2D eigenvalue weighted by Gasteiger charge is -2.04. The van der Waals surface area contributed by atoms with Crippen LogP contribution in [0.2, 0.25) is 0 Å². The summed E-state index contributed by atoms with van der Waals surface area (Å²) in [5, 5.41) is 20.8. The van der Waals surface area contributed by atoms with Gasteiger partial charge in [0, 0.05) is 34.3 Å². The van der Waals surface area contributed by atoms with Gasteiger partial charge in [0.05, 0.1) is 17.4 Å². The van der Waals surface area contributed by atoms with Gasteiger partial charge in [0.1, 0.15) is 5.75 Å². The molecule has 0 atom stereocenters. The summed E-state index contributed by atoms with van der Waals surface area (Å²) >= 11 is 1.25. The van der Waals surface area contributed by atoms with Crippen LogP contribution in [-0.2, 0) is 0 Å². The second kappa shape index (κ2) is 7.04. The van der Waals surface area contributed by atoms with E-state index in [1.165, 1.54) is 24.0 Å². The normalized spacial score (nSPS) is 10.9. The van der Waals surface area contributed by atoms with Gasteiger partial charge >= 0.3 is 0 Å². The minimum Gasteiger partial charge on any atom is -0.497 e. The van der Waals surface area contributed by atoms with Crippen LogP contribution < -0.4 is 4.74 Å². The molecule has 4 rings (SSSR count). The molecule has 0 fully saturated rings. The van der Waals surface area contributed by atoms with Gasteiger partial charge in [0.25, 0.3) is 10.9 Å². The molecule has 2 aromatic carbocycles. The molecule has 0 unspecified atom stereocenters. The van der Waals surface area contributed by atoms with E-state index in [0.717, 1.165) is 16.2 Å². The Morgan fingerprint density at radius 1 is 1.07 bits per heavy atom. The van der Waals surface area contributed by atoms with Crippen molar-refractivity contribution in [1.82, 2.24) is 15.2 Å². The van der Waals surface area contributed by atoms with E-state index < -0.39 is 4.92 Å². The zero-order valence-electron chi connectivity index (χ0n) is 14.0. The van der Waals surface area contributed by atoms with Crippen LogP contribution in [-0.4, -0.2) is 27.2 Å². The Kier molecular flexibility index (Phi) is 4.43. The number of benzene rings is 2. The van der Waals surface area contributed by atoms with Crippen molar-refractivity contribution in [1.29, 1.82) is 0 Å². The molecule has 0 saturated heterocycles. The first kappa shape index (κ1) is 17.0. The molecule has 0 amide bonds. The number of hydrogen-bond donors (Lipinski definition) is 0. The first-order valence-corrected chi connectivity index (χ1v) is 8.64. The first-order chi connectivity index (χ1) is 13.2. The number of rotatable bonds is 5. The lowest BCUT2D eigenvalue weighted by molar-refractivity contribution is -0.383. The van der Waals surface area contributed by atoms with Crippen LogP contribution in [0.15, 0.2) is 69.4 Å². The van der Waals surface area contributed by atoms with Crippen LogP contribution in [0, 0.1) is 10.1 Å². The quantitative estimate of drug-likeness (QED) is 0.372. The van der Waals surface area contributed by atoms with Crippen LogP contribution in [0.4, 0.5) is 5.69 Å². The molecule has 9 heteroatoms. The van der Waals surface area contributed by atoms with Crippen LogP contribution in [0.5, 0.6) is 5.75 Å². The summed E-state index contributed by atoms with van der Waals surface area (Å²) in [7, 11) is 1.60. The fourth-order valence-corrected chi connectivity index (χ4v) is 3.41. The highest BCUT2D eigenvalue weighted by molar-refractivity contribution is 7.99. The van der Waals surface area contributed by atoms with Crippen molar-refractivity contribution >= 4 is 28.2 Å². The van der Waals surface area contributed by atoms with Crippen LogP contribution in [0.1, 0.15) is 0 Å². The van der Waals surface area contributed by atoms with Crippen LogP contribution >= 0.6 is 11.8 Å². The van der Waals surface area contributed by atoms with Gasteiger partial charge in [0.2, 0.25) is 5.89 Å². The summed E-state index contributed by atoms with van der Waals surface area (Å²) in [4.78, 5) is 15.5. The van der Waals surface area contributed by atoms with E-state index in [2.05, 4.69) is 15.2 Å². The van der Waals surface area contributed by atoms with Crippen LogP contribution in [0.25, 0.3) is 22.2 Å². The third-order valence-electron chi connectivity index (χ3n) is 3.89. The van der Waals surface area contributed by atoms with Crippen molar-refractivity contribution in [2.45, 2.75) is 10.1 Å². The van der Waals surface area contributed by atoms with E-state index >= 15 is 0 Å². The second-order valence-electron chi connectivity index (χ2n) is 5.46. The van der Waals surface area contributed by atoms with Crippen molar-refractivity contribution in [2.24, 2.45) is 0 Å². The molecule has 0 aliphatic rings. The fourth-order valence-electron chi connectivity index (χ4n) is 2.59. The van der Waals surface area contributed by atoms with Gasteiger partial charge in [-0.1, -0.05) is 0 Å². The molecule has 2 heterocycles. The summed E-state index contributed by atoms with van der Waals surface area (Å²) in [5.41, 5.74) is 0.778. The van der Waals surface area contributed by atoms with Crippen molar-refractivity contribution < 1.29 is 14.1 Å². The molecule has 4 aromatic rings. The van der Waals surface area contributed by atoms with Crippen LogP contribution in [0.3, 0.4) is 0 Å². The number of hydrogen-bond acceptors (Lipinski definition) is 8. The van der Waals surface area contributed by atoms with Gasteiger partial charge in [0.15, 0.2) is 0 Å². The highest BCUT2D eigenvalue weighted by atomic mass is 32.2. The molecule has 0 radical (unpaired) electrons. The minimum absolute atomic E-state index is 0.00639. The van der Waals surface area contributed by atoms with E-state index in [9.17, 15) is 10.1 Å². The Labute approximate surface area is 157 Å². The summed E-state index contributed by atoms with van der Waals surface area (Å²) in [6.07, 6.45) is 3.07. The third kappa shape index (κ3) is 3.32. The first-order valence-electron chi connectivity index (χ1n) is 7.82. The average Bonchev–Trinajstić information content (AvgIpc) is 3.16. The Morgan fingerprint density at radius 2 is 1.89 bits per heavy atom. The topological polar surface area (TPSA) is 104 Å². The lowest BCUT2D eigenvalue weighted by Crippen LogP contribution is -1.91. The average molecular weight is 380 g/mol. The molecular weight excluding hydrogens is 368 g/mol. The molecule has 0 aliphatic carbocycles. The van der Waals surface area contributed by atoms with Gasteiger partial charge < -0.3 is 9.15 Å². The maximum Gasteiger partial charge on any atom is 0.281 e. The number of ether oxygens (including phenoxy) is 1. The molecule has 0 bridgehead atoms. The molecule has 8 nitrogen and oxygen atoms in total. The standard InChI is InChI=1S/C18H12N4O4S/c1-25-12-4-2-11(3-5-12)17-20-21-18(26-17)27-16-7-6-15(22(23)24)14-10-19-9-8-13(14)16/h2-10H,1H3. The van der Waals surface area contributed by atoms with Crippen molar-refractivity contribution in [2.75, 3.05) is 7.11 Å². The molecule has 134 valence electrons. The van der Waals surface area contributed by atoms with E-state index in [1.807, 2.05) is 24.3 Å². The predicted octanol–water partition coefficient (Wildman–Crippen LogP) is 4.35. The zero-order valence-corrected chi connectivity index (χ0v) is 14.8. The maximum atomic E-state index is 11.2. The maximum absolute atomic E-state index is 11.2. The number of methoxy groups -OCH3 is 1. The molecule has 27 heavy (non-hydrogen) atoms. The van der Waals surface area contributed by atoms with Crippen molar-refractivity contribution in [3.8, 4) is 17.2 Å². The third-order valence-corrected chi connectivity index (χ3v) is 4.81. The fraction of sp³-hybridized carbons (Fsp3) is 0.0556. The number of aromatic nitrogens is 3.